The van der Waals surface area contributed by atoms with Gasteiger partial charge in [-0.15, -0.1) is 0 Å². The molecular weight excluding hydrogens is 374 g/mol. The fourth-order valence-corrected chi connectivity index (χ4v) is 3.14. The maximum Gasteiger partial charge on any atom is 0.255 e. The van der Waals surface area contributed by atoms with Gasteiger partial charge in [-0.2, -0.15) is 5.10 Å². The number of carbonyl (C=O) groups excluding carboxylic acids is 1. The molecule has 0 aliphatic carbocycles. The highest BCUT2D eigenvalue weighted by atomic mass is 35.5. The van der Waals surface area contributed by atoms with E-state index in [0.29, 0.717) is 41.1 Å². The standard InChI is InChI=1S/C22H24ClN3O2/c1-4-28-20-10-9-17(11-19(20)23)21-18(13-25-26-21)22(27)24-12-15-5-7-16(8-6-15)14(2)3/h5-11,13-14H,4,12H2,1-3H3,(H,24,27)(H,25,26). The van der Waals surface area contributed by atoms with E-state index < -0.39 is 0 Å². The minimum Gasteiger partial charge on any atom is -0.492 e. The number of carbonyl (C=O) groups is 1. The smallest absolute Gasteiger partial charge is 0.255 e. The molecule has 1 heterocycles. The van der Waals surface area contributed by atoms with Gasteiger partial charge in [-0.05, 0) is 42.2 Å². The predicted octanol–water partition coefficient (Wildman–Crippen LogP) is 5.18. The number of rotatable bonds is 7. The van der Waals surface area contributed by atoms with Crippen molar-refractivity contribution in [1.82, 2.24) is 15.5 Å². The highest BCUT2D eigenvalue weighted by Crippen LogP contribution is 2.31. The molecule has 0 unspecified atom stereocenters. The summed E-state index contributed by atoms with van der Waals surface area (Å²) in [5, 5.41) is 10.4. The predicted molar refractivity (Wildman–Crippen MR) is 112 cm³/mol. The number of nitrogens with one attached hydrogen (secondary N) is 2. The summed E-state index contributed by atoms with van der Waals surface area (Å²) in [4.78, 5) is 12.7. The molecule has 1 aromatic heterocycles. The molecule has 6 heteroatoms. The first-order valence-corrected chi connectivity index (χ1v) is 9.70. The molecule has 1 amide bonds. The molecule has 28 heavy (non-hydrogen) atoms. The van der Waals surface area contributed by atoms with Crippen molar-refractivity contribution in [3.05, 3.63) is 70.4 Å². The Morgan fingerprint density at radius 1 is 1.21 bits per heavy atom. The maximum absolute atomic E-state index is 12.7. The molecule has 5 nitrogen and oxygen atoms in total. The van der Waals surface area contributed by atoms with E-state index >= 15 is 0 Å². The first-order valence-electron chi connectivity index (χ1n) is 9.32. The van der Waals surface area contributed by atoms with Crippen LogP contribution in [0.1, 0.15) is 48.2 Å². The van der Waals surface area contributed by atoms with Crippen LogP contribution in [-0.4, -0.2) is 22.7 Å². The molecule has 0 spiro atoms. The number of hydrogen-bond acceptors (Lipinski definition) is 3. The van der Waals surface area contributed by atoms with Crippen LogP contribution in [0, 0.1) is 0 Å². The van der Waals surface area contributed by atoms with Crippen molar-refractivity contribution < 1.29 is 9.53 Å². The summed E-state index contributed by atoms with van der Waals surface area (Å²) >= 11 is 6.27. The zero-order valence-electron chi connectivity index (χ0n) is 16.3. The van der Waals surface area contributed by atoms with Gasteiger partial charge in [0.25, 0.3) is 5.91 Å². The molecule has 0 radical (unpaired) electrons. The Labute approximate surface area is 170 Å². The third-order valence-corrected chi connectivity index (χ3v) is 4.80. The van der Waals surface area contributed by atoms with Crippen molar-refractivity contribution in [2.24, 2.45) is 0 Å². The van der Waals surface area contributed by atoms with Gasteiger partial charge < -0.3 is 10.1 Å². The van der Waals surface area contributed by atoms with E-state index in [9.17, 15) is 4.79 Å². The van der Waals surface area contributed by atoms with Crippen LogP contribution in [-0.2, 0) is 6.54 Å². The summed E-state index contributed by atoms with van der Waals surface area (Å²) in [5.74, 6) is 0.906. The van der Waals surface area contributed by atoms with Crippen LogP contribution < -0.4 is 10.1 Å². The Balaban J connectivity index is 1.72. The number of H-pyrrole nitrogens is 1. The summed E-state index contributed by atoms with van der Waals surface area (Å²) < 4.78 is 5.46. The lowest BCUT2D eigenvalue weighted by Gasteiger charge is -2.10. The maximum atomic E-state index is 12.7. The van der Waals surface area contributed by atoms with Crippen molar-refractivity contribution in [2.75, 3.05) is 6.61 Å². The Kier molecular flexibility index (Phi) is 6.37. The van der Waals surface area contributed by atoms with Crippen LogP contribution in [0.25, 0.3) is 11.3 Å². The summed E-state index contributed by atoms with van der Waals surface area (Å²) in [6.45, 7) is 7.20. The minimum atomic E-state index is -0.193. The summed E-state index contributed by atoms with van der Waals surface area (Å²) in [6, 6.07) is 13.7. The van der Waals surface area contributed by atoms with Crippen LogP contribution in [0.4, 0.5) is 0 Å². The number of halogens is 1. The van der Waals surface area contributed by atoms with Crippen LogP contribution in [0.3, 0.4) is 0 Å². The van der Waals surface area contributed by atoms with Gasteiger partial charge in [-0.1, -0.05) is 49.7 Å². The van der Waals surface area contributed by atoms with Crippen LogP contribution in [0.5, 0.6) is 5.75 Å². The van der Waals surface area contributed by atoms with Crippen LogP contribution in [0.2, 0.25) is 5.02 Å². The molecule has 0 aliphatic heterocycles. The average molecular weight is 398 g/mol. The number of nitrogens with zero attached hydrogens (tertiary/aromatic N) is 1. The molecule has 2 aromatic carbocycles. The molecule has 0 atom stereocenters. The Bertz CT molecular complexity index is 949. The van der Waals surface area contributed by atoms with Gasteiger partial charge in [-0.25, -0.2) is 0 Å². The molecule has 146 valence electrons. The summed E-state index contributed by atoms with van der Waals surface area (Å²) in [5.41, 5.74) is 4.19. The highest BCUT2D eigenvalue weighted by Gasteiger charge is 2.16. The van der Waals surface area contributed by atoms with Crippen molar-refractivity contribution in [2.45, 2.75) is 33.2 Å². The van der Waals surface area contributed by atoms with E-state index in [2.05, 4.69) is 41.5 Å². The molecule has 3 aromatic rings. The molecule has 3 rings (SSSR count). The zero-order chi connectivity index (χ0) is 20.1. The third kappa shape index (κ3) is 4.54. The molecular formula is C22H24ClN3O2. The van der Waals surface area contributed by atoms with Gasteiger partial charge in [0.15, 0.2) is 0 Å². The number of benzene rings is 2. The number of aromatic nitrogens is 2. The topological polar surface area (TPSA) is 67.0 Å². The quantitative estimate of drug-likeness (QED) is 0.577. The molecule has 0 bridgehead atoms. The Morgan fingerprint density at radius 3 is 2.61 bits per heavy atom. The van der Waals surface area contributed by atoms with Crippen LogP contribution >= 0.6 is 11.6 Å². The third-order valence-electron chi connectivity index (χ3n) is 4.50. The van der Waals surface area contributed by atoms with E-state index in [0.717, 1.165) is 11.1 Å². The second-order valence-corrected chi connectivity index (χ2v) is 7.22. The monoisotopic (exact) mass is 397 g/mol. The summed E-state index contributed by atoms with van der Waals surface area (Å²) in [7, 11) is 0. The molecule has 0 saturated heterocycles. The van der Waals surface area contributed by atoms with E-state index in [1.165, 1.54) is 11.8 Å². The molecule has 0 saturated carbocycles. The van der Waals surface area contributed by atoms with Crippen molar-refractivity contribution in [3.63, 3.8) is 0 Å². The van der Waals surface area contributed by atoms with E-state index in [4.69, 9.17) is 16.3 Å². The fraction of sp³-hybridized carbons (Fsp3) is 0.273. The summed E-state index contributed by atoms with van der Waals surface area (Å²) in [6.07, 6.45) is 1.52. The molecule has 0 fully saturated rings. The lowest BCUT2D eigenvalue weighted by atomic mass is 10.0. The lowest BCUT2D eigenvalue weighted by molar-refractivity contribution is 0.0951. The number of ether oxygens (including phenoxy) is 1. The first-order chi connectivity index (χ1) is 13.5. The zero-order valence-corrected chi connectivity index (χ0v) is 17.0. The van der Waals surface area contributed by atoms with Crippen molar-refractivity contribution >= 4 is 17.5 Å². The van der Waals surface area contributed by atoms with Gasteiger partial charge >= 0.3 is 0 Å². The Hall–Kier alpha value is -2.79. The normalized spacial score (nSPS) is 10.9. The lowest BCUT2D eigenvalue weighted by Crippen LogP contribution is -2.23. The number of amides is 1. The van der Waals surface area contributed by atoms with E-state index in [-0.39, 0.29) is 5.91 Å². The van der Waals surface area contributed by atoms with Gasteiger partial charge in [-0.3, -0.25) is 9.89 Å². The van der Waals surface area contributed by atoms with E-state index in [1.807, 2.05) is 25.1 Å². The van der Waals surface area contributed by atoms with E-state index in [1.54, 1.807) is 12.1 Å². The SMILES string of the molecule is CCOc1ccc(-c2[nH]ncc2C(=O)NCc2ccc(C(C)C)cc2)cc1Cl. The van der Waals surface area contributed by atoms with Gasteiger partial charge in [0.1, 0.15) is 5.75 Å². The second-order valence-electron chi connectivity index (χ2n) is 6.82. The minimum absolute atomic E-state index is 0.193. The first kappa shape index (κ1) is 20.0. The average Bonchev–Trinajstić information content (AvgIpc) is 3.18. The number of aromatic amines is 1. The van der Waals surface area contributed by atoms with Crippen LogP contribution in [0.15, 0.2) is 48.7 Å². The fourth-order valence-electron chi connectivity index (χ4n) is 2.91. The van der Waals surface area contributed by atoms with Gasteiger partial charge in [0, 0.05) is 12.1 Å². The molecule has 0 aliphatic rings. The highest BCUT2D eigenvalue weighted by molar-refractivity contribution is 6.32. The van der Waals surface area contributed by atoms with Crippen molar-refractivity contribution in [1.29, 1.82) is 0 Å². The van der Waals surface area contributed by atoms with Crippen molar-refractivity contribution in [3.8, 4) is 17.0 Å². The van der Waals surface area contributed by atoms with Gasteiger partial charge in [0.2, 0.25) is 0 Å². The Morgan fingerprint density at radius 2 is 1.96 bits per heavy atom. The van der Waals surface area contributed by atoms with Gasteiger partial charge in [0.05, 0.1) is 29.1 Å². The number of hydrogen-bond donors (Lipinski definition) is 2. The molecule has 2 N–H and O–H groups in total. The second kappa shape index (κ2) is 8.93. The largest absolute Gasteiger partial charge is 0.492 e.